The number of pyridine rings is 2. The molecule has 2 aromatic heterocycles. The van der Waals surface area contributed by atoms with Crippen LogP contribution < -0.4 is 4.57 Å². The zero-order valence-electron chi connectivity index (χ0n) is 16.4. The summed E-state index contributed by atoms with van der Waals surface area (Å²) in [6, 6.07) is 11.5. The summed E-state index contributed by atoms with van der Waals surface area (Å²) in [5, 5.41) is 2.67. The summed E-state index contributed by atoms with van der Waals surface area (Å²) < 4.78 is 2.23. The smallest absolute Gasteiger partial charge is 0.220 e. The largest absolute Gasteiger partial charge is 0.264 e. The second-order valence-electron chi connectivity index (χ2n) is 8.75. The highest BCUT2D eigenvalue weighted by Gasteiger charge is 2.28. The van der Waals surface area contributed by atoms with Crippen LogP contribution in [0.2, 0.25) is 0 Å². The van der Waals surface area contributed by atoms with Gasteiger partial charge in [-0.05, 0) is 72.6 Å². The van der Waals surface area contributed by atoms with E-state index < -0.39 is 0 Å². The SMILES string of the molecule is Cc1cnccc1-c1c2ccc(C3CCC(C)(C)CC3)cc2cc[n+]1C. The van der Waals surface area contributed by atoms with Crippen molar-refractivity contribution in [3.63, 3.8) is 0 Å². The summed E-state index contributed by atoms with van der Waals surface area (Å²) in [7, 11) is 2.13. The Balaban J connectivity index is 1.77. The number of hydrogen-bond donors (Lipinski definition) is 0. The first kappa shape index (κ1) is 17.2. The van der Waals surface area contributed by atoms with Crippen LogP contribution in [0.4, 0.5) is 0 Å². The van der Waals surface area contributed by atoms with E-state index in [1.54, 1.807) is 0 Å². The first-order valence-corrected chi connectivity index (χ1v) is 9.78. The van der Waals surface area contributed by atoms with Gasteiger partial charge in [0.15, 0.2) is 6.20 Å². The molecule has 1 aliphatic rings. The average molecular weight is 346 g/mol. The summed E-state index contributed by atoms with van der Waals surface area (Å²) in [5.41, 5.74) is 5.79. The fourth-order valence-corrected chi connectivity index (χ4v) is 4.45. The maximum atomic E-state index is 4.26. The number of aryl methyl sites for hydroxylation is 2. The van der Waals surface area contributed by atoms with Crippen molar-refractivity contribution in [2.24, 2.45) is 12.5 Å². The van der Waals surface area contributed by atoms with Crippen molar-refractivity contribution in [3.05, 3.63) is 60.0 Å². The normalized spacial score (nSPS) is 17.5. The van der Waals surface area contributed by atoms with Gasteiger partial charge in [0, 0.05) is 18.5 Å². The Morgan fingerprint density at radius 2 is 1.85 bits per heavy atom. The molecule has 2 heterocycles. The van der Waals surface area contributed by atoms with Gasteiger partial charge >= 0.3 is 0 Å². The van der Waals surface area contributed by atoms with Gasteiger partial charge in [-0.15, -0.1) is 0 Å². The molecular weight excluding hydrogens is 316 g/mol. The third-order valence-electron chi connectivity index (χ3n) is 6.25. The molecule has 2 nitrogen and oxygen atoms in total. The van der Waals surface area contributed by atoms with E-state index in [9.17, 15) is 0 Å². The molecule has 26 heavy (non-hydrogen) atoms. The minimum Gasteiger partial charge on any atom is -0.264 e. The molecule has 1 fully saturated rings. The molecule has 2 heteroatoms. The number of benzene rings is 1. The van der Waals surface area contributed by atoms with Crippen molar-refractivity contribution in [3.8, 4) is 11.3 Å². The van der Waals surface area contributed by atoms with Crippen molar-refractivity contribution < 1.29 is 4.57 Å². The highest BCUT2D eigenvalue weighted by atomic mass is 14.9. The lowest BCUT2D eigenvalue weighted by atomic mass is 9.71. The van der Waals surface area contributed by atoms with Gasteiger partial charge in [-0.2, -0.15) is 0 Å². The molecule has 0 amide bonds. The van der Waals surface area contributed by atoms with Crippen molar-refractivity contribution in [2.75, 3.05) is 0 Å². The Hall–Kier alpha value is -2.22. The number of hydrogen-bond acceptors (Lipinski definition) is 1. The summed E-state index contributed by atoms with van der Waals surface area (Å²) in [5.74, 6) is 0.715. The molecule has 0 aliphatic heterocycles. The number of rotatable bonds is 2. The molecule has 4 rings (SSSR count). The van der Waals surface area contributed by atoms with Crippen LogP contribution in [0, 0.1) is 12.3 Å². The lowest BCUT2D eigenvalue weighted by molar-refractivity contribution is -0.659. The zero-order valence-corrected chi connectivity index (χ0v) is 16.4. The van der Waals surface area contributed by atoms with Crippen LogP contribution in [0.5, 0.6) is 0 Å². The van der Waals surface area contributed by atoms with Crippen molar-refractivity contribution in [1.82, 2.24) is 4.98 Å². The van der Waals surface area contributed by atoms with E-state index in [2.05, 4.69) is 73.9 Å². The van der Waals surface area contributed by atoms with Gasteiger partial charge in [0.2, 0.25) is 5.69 Å². The molecular formula is C24H29N2+. The highest BCUT2D eigenvalue weighted by molar-refractivity contribution is 5.93. The van der Waals surface area contributed by atoms with Gasteiger partial charge in [0.1, 0.15) is 7.05 Å². The number of fused-ring (bicyclic) bond motifs is 1. The lowest BCUT2D eigenvalue weighted by Crippen LogP contribution is -2.30. The first-order valence-electron chi connectivity index (χ1n) is 9.78. The standard InChI is InChI=1S/C24H29N2/c1-17-16-25-13-9-21(17)23-22-6-5-19(15-20(22)10-14-26(23)4)18-7-11-24(2,3)12-8-18/h5-6,9-10,13-16,18H,7-8,11-12H2,1-4H3/q+1. The fraction of sp³-hybridized carbons (Fsp3) is 0.417. The van der Waals surface area contributed by atoms with Crippen LogP contribution >= 0.6 is 0 Å². The van der Waals surface area contributed by atoms with Gasteiger partial charge < -0.3 is 0 Å². The van der Waals surface area contributed by atoms with Gasteiger partial charge in [-0.3, -0.25) is 4.98 Å². The quantitative estimate of drug-likeness (QED) is 0.543. The number of aromatic nitrogens is 2. The van der Waals surface area contributed by atoms with Crippen molar-refractivity contribution in [2.45, 2.75) is 52.4 Å². The molecule has 0 unspecified atom stereocenters. The van der Waals surface area contributed by atoms with Crippen molar-refractivity contribution >= 4 is 10.8 Å². The van der Waals surface area contributed by atoms with Crippen LogP contribution in [0.15, 0.2) is 48.9 Å². The third-order valence-corrected chi connectivity index (χ3v) is 6.25. The minimum absolute atomic E-state index is 0.521. The van der Waals surface area contributed by atoms with Gasteiger partial charge in [0.05, 0.1) is 10.9 Å². The van der Waals surface area contributed by atoms with Crippen LogP contribution in [0.3, 0.4) is 0 Å². The topological polar surface area (TPSA) is 16.8 Å². The number of nitrogens with zero attached hydrogens (tertiary/aromatic N) is 2. The second-order valence-corrected chi connectivity index (χ2v) is 8.75. The molecule has 0 atom stereocenters. The Labute approximate surface area is 156 Å². The summed E-state index contributed by atoms with van der Waals surface area (Å²) >= 11 is 0. The Morgan fingerprint density at radius 1 is 1.08 bits per heavy atom. The second kappa shape index (κ2) is 6.50. The van der Waals surface area contributed by atoms with E-state index in [1.165, 1.54) is 58.8 Å². The highest BCUT2D eigenvalue weighted by Crippen LogP contribution is 2.43. The van der Waals surface area contributed by atoms with E-state index >= 15 is 0 Å². The maximum absolute atomic E-state index is 4.26. The molecule has 3 aromatic rings. The molecule has 0 saturated heterocycles. The monoisotopic (exact) mass is 345 g/mol. The predicted octanol–water partition coefficient (Wildman–Crippen LogP) is 5.72. The maximum Gasteiger partial charge on any atom is 0.220 e. The van der Waals surface area contributed by atoms with Crippen LogP contribution in [-0.4, -0.2) is 4.98 Å². The summed E-state index contributed by atoms with van der Waals surface area (Å²) in [4.78, 5) is 4.26. The van der Waals surface area contributed by atoms with Gasteiger partial charge in [-0.1, -0.05) is 26.0 Å². The molecule has 0 N–H and O–H groups in total. The Bertz CT molecular complexity index is 946. The zero-order chi connectivity index (χ0) is 18.3. The molecule has 1 aromatic carbocycles. The van der Waals surface area contributed by atoms with E-state index in [0.717, 1.165) is 0 Å². The summed E-state index contributed by atoms with van der Waals surface area (Å²) in [6.07, 6.45) is 11.3. The van der Waals surface area contributed by atoms with Gasteiger partial charge in [0.25, 0.3) is 0 Å². The van der Waals surface area contributed by atoms with Crippen LogP contribution in [0.1, 0.15) is 56.6 Å². The molecule has 0 spiro atoms. The molecule has 1 saturated carbocycles. The van der Waals surface area contributed by atoms with E-state index in [1.807, 2.05) is 12.4 Å². The van der Waals surface area contributed by atoms with Crippen molar-refractivity contribution in [1.29, 1.82) is 0 Å². The van der Waals surface area contributed by atoms with Gasteiger partial charge in [-0.25, -0.2) is 4.57 Å². The molecule has 0 radical (unpaired) electrons. The molecule has 0 bridgehead atoms. The minimum atomic E-state index is 0.521. The Morgan fingerprint density at radius 3 is 2.58 bits per heavy atom. The van der Waals surface area contributed by atoms with Crippen LogP contribution in [0.25, 0.3) is 22.0 Å². The van der Waals surface area contributed by atoms with E-state index in [0.29, 0.717) is 11.3 Å². The Kier molecular flexibility index (Phi) is 4.30. The summed E-state index contributed by atoms with van der Waals surface area (Å²) in [6.45, 7) is 6.96. The molecule has 1 aliphatic carbocycles. The first-order chi connectivity index (χ1) is 12.4. The van der Waals surface area contributed by atoms with E-state index in [4.69, 9.17) is 0 Å². The third kappa shape index (κ3) is 3.13. The molecule has 134 valence electrons. The average Bonchev–Trinajstić information content (AvgIpc) is 2.62. The predicted molar refractivity (Wildman–Crippen MR) is 108 cm³/mol. The fourth-order valence-electron chi connectivity index (χ4n) is 4.45. The van der Waals surface area contributed by atoms with Crippen LogP contribution in [-0.2, 0) is 7.05 Å². The lowest BCUT2D eigenvalue weighted by Gasteiger charge is -2.34. The van der Waals surface area contributed by atoms with E-state index in [-0.39, 0.29) is 0 Å².